The first kappa shape index (κ1) is 16.7. The van der Waals surface area contributed by atoms with Crippen LogP contribution in [0.2, 0.25) is 0 Å². The zero-order valence-electron chi connectivity index (χ0n) is 12.3. The quantitative estimate of drug-likeness (QED) is 0.859. The van der Waals surface area contributed by atoms with Gasteiger partial charge in [0, 0.05) is 18.2 Å². The third kappa shape index (κ3) is 5.30. The lowest BCUT2D eigenvalue weighted by atomic mass is 10.0. The monoisotopic (exact) mass is 298 g/mol. The smallest absolute Gasteiger partial charge is 0.222 e. The van der Waals surface area contributed by atoms with E-state index in [1.807, 2.05) is 6.92 Å². The molecule has 0 fully saturated rings. The van der Waals surface area contributed by atoms with Crippen molar-refractivity contribution in [1.29, 1.82) is 0 Å². The Hall–Kier alpha value is -1.40. The molecule has 3 N–H and O–H groups in total. The molecular formula is C14H22N2O3S. The molecule has 1 aromatic carbocycles. The number of rotatable bonds is 5. The van der Waals surface area contributed by atoms with E-state index in [2.05, 4.69) is 5.32 Å². The summed E-state index contributed by atoms with van der Waals surface area (Å²) < 4.78 is 22.7. The predicted octanol–water partition coefficient (Wildman–Crippen LogP) is 1.39. The van der Waals surface area contributed by atoms with Crippen LogP contribution in [0.4, 0.5) is 0 Å². The van der Waals surface area contributed by atoms with Crippen LogP contribution in [0, 0.1) is 0 Å². The second kappa shape index (κ2) is 5.93. The van der Waals surface area contributed by atoms with Gasteiger partial charge in [0.25, 0.3) is 0 Å². The van der Waals surface area contributed by atoms with Gasteiger partial charge in [-0.1, -0.05) is 12.1 Å². The maximum absolute atomic E-state index is 11.8. The third-order valence-corrected chi connectivity index (χ3v) is 3.93. The number of hydrogen-bond donors (Lipinski definition) is 2. The molecule has 6 heteroatoms. The van der Waals surface area contributed by atoms with Crippen LogP contribution in [0.3, 0.4) is 0 Å². The summed E-state index contributed by atoms with van der Waals surface area (Å²) in [5.41, 5.74) is 6.09. The highest BCUT2D eigenvalue weighted by atomic mass is 32.2. The number of nitrogens with one attached hydrogen (secondary N) is 1. The highest BCUT2D eigenvalue weighted by molar-refractivity contribution is 7.90. The number of carbonyl (C=O) groups is 1. The molecule has 0 saturated heterocycles. The molecule has 0 spiro atoms. The van der Waals surface area contributed by atoms with Gasteiger partial charge in [-0.25, -0.2) is 8.42 Å². The Bertz CT molecular complexity index is 571. The molecule has 1 atom stereocenters. The van der Waals surface area contributed by atoms with E-state index in [9.17, 15) is 13.2 Å². The average molecular weight is 298 g/mol. The standard InChI is InChI=1S/C14H22N2O3S/c1-10(16-13(17)9-14(2,3)15)11-5-7-12(8-6-11)20(4,18)19/h5-8,10H,9,15H2,1-4H3,(H,16,17). The molecule has 1 aromatic rings. The lowest BCUT2D eigenvalue weighted by Gasteiger charge is -2.20. The Morgan fingerprint density at radius 1 is 1.30 bits per heavy atom. The first-order valence-electron chi connectivity index (χ1n) is 6.37. The first-order valence-corrected chi connectivity index (χ1v) is 8.26. The van der Waals surface area contributed by atoms with E-state index in [-0.39, 0.29) is 23.3 Å². The van der Waals surface area contributed by atoms with Crippen molar-refractivity contribution in [2.24, 2.45) is 5.73 Å². The molecule has 20 heavy (non-hydrogen) atoms. The number of hydrogen-bond acceptors (Lipinski definition) is 4. The molecule has 5 nitrogen and oxygen atoms in total. The number of nitrogens with two attached hydrogens (primary N) is 1. The zero-order chi connectivity index (χ0) is 15.6. The van der Waals surface area contributed by atoms with Gasteiger partial charge >= 0.3 is 0 Å². The molecule has 1 unspecified atom stereocenters. The molecule has 0 radical (unpaired) electrons. The summed E-state index contributed by atoms with van der Waals surface area (Å²) >= 11 is 0. The molecule has 1 rings (SSSR count). The summed E-state index contributed by atoms with van der Waals surface area (Å²) in [4.78, 5) is 12.0. The van der Waals surface area contributed by atoms with Gasteiger partial charge in [-0.05, 0) is 38.5 Å². The van der Waals surface area contributed by atoms with Crippen LogP contribution in [0.25, 0.3) is 0 Å². The van der Waals surface area contributed by atoms with Gasteiger partial charge in [0.1, 0.15) is 0 Å². The van der Waals surface area contributed by atoms with Crippen LogP contribution in [0.1, 0.15) is 38.8 Å². The highest BCUT2D eigenvalue weighted by Crippen LogP contribution is 2.16. The lowest BCUT2D eigenvalue weighted by molar-refractivity contribution is -0.122. The van der Waals surface area contributed by atoms with Crippen LogP contribution >= 0.6 is 0 Å². The molecule has 0 aliphatic carbocycles. The fourth-order valence-corrected chi connectivity index (χ4v) is 2.42. The predicted molar refractivity (Wildman–Crippen MR) is 79.0 cm³/mol. The SMILES string of the molecule is CC(NC(=O)CC(C)(C)N)c1ccc(S(C)(=O)=O)cc1. The molecule has 0 aliphatic rings. The van der Waals surface area contributed by atoms with Crippen molar-refractivity contribution in [3.63, 3.8) is 0 Å². The molecule has 112 valence electrons. The molecule has 0 aliphatic heterocycles. The van der Waals surface area contributed by atoms with Gasteiger partial charge in [-0.15, -0.1) is 0 Å². The summed E-state index contributed by atoms with van der Waals surface area (Å²) in [6.07, 6.45) is 1.40. The van der Waals surface area contributed by atoms with E-state index in [0.717, 1.165) is 11.8 Å². The molecule has 0 saturated carbocycles. The largest absolute Gasteiger partial charge is 0.350 e. The molecule has 0 heterocycles. The summed E-state index contributed by atoms with van der Waals surface area (Å²) in [5, 5.41) is 2.84. The van der Waals surface area contributed by atoms with E-state index in [1.54, 1.807) is 38.1 Å². The van der Waals surface area contributed by atoms with Gasteiger partial charge in [-0.3, -0.25) is 4.79 Å². The van der Waals surface area contributed by atoms with E-state index < -0.39 is 15.4 Å². The van der Waals surface area contributed by atoms with Crippen LogP contribution in [-0.4, -0.2) is 26.1 Å². The highest BCUT2D eigenvalue weighted by Gasteiger charge is 2.18. The van der Waals surface area contributed by atoms with Gasteiger partial charge in [0.05, 0.1) is 10.9 Å². The Balaban J connectivity index is 2.74. The summed E-state index contributed by atoms with van der Waals surface area (Å²) in [6.45, 7) is 5.42. The van der Waals surface area contributed by atoms with Gasteiger partial charge < -0.3 is 11.1 Å². The van der Waals surface area contributed by atoms with Crippen LogP contribution in [-0.2, 0) is 14.6 Å². The molecule has 0 aromatic heterocycles. The van der Waals surface area contributed by atoms with Gasteiger partial charge in [0.15, 0.2) is 9.84 Å². The minimum absolute atomic E-state index is 0.128. The van der Waals surface area contributed by atoms with E-state index >= 15 is 0 Å². The number of sulfone groups is 1. The summed E-state index contributed by atoms with van der Waals surface area (Å²) in [5.74, 6) is -0.128. The van der Waals surface area contributed by atoms with Crippen molar-refractivity contribution in [1.82, 2.24) is 5.32 Å². The fourth-order valence-electron chi connectivity index (χ4n) is 1.79. The lowest BCUT2D eigenvalue weighted by Crippen LogP contribution is -2.39. The molecular weight excluding hydrogens is 276 g/mol. The Morgan fingerprint density at radius 3 is 2.20 bits per heavy atom. The minimum Gasteiger partial charge on any atom is -0.350 e. The van der Waals surface area contributed by atoms with Crippen LogP contribution < -0.4 is 11.1 Å². The topological polar surface area (TPSA) is 89.3 Å². The Labute approximate surface area is 120 Å². The number of amides is 1. The van der Waals surface area contributed by atoms with Gasteiger partial charge in [0.2, 0.25) is 5.91 Å². The maximum atomic E-state index is 11.8. The van der Waals surface area contributed by atoms with Crippen molar-refractivity contribution in [2.75, 3.05) is 6.26 Å². The second-order valence-corrected chi connectivity index (χ2v) is 7.81. The van der Waals surface area contributed by atoms with E-state index in [1.165, 1.54) is 0 Å². The molecule has 1 amide bonds. The number of carbonyl (C=O) groups excluding carboxylic acids is 1. The zero-order valence-corrected chi connectivity index (χ0v) is 13.1. The van der Waals surface area contributed by atoms with Crippen molar-refractivity contribution < 1.29 is 13.2 Å². The Morgan fingerprint density at radius 2 is 1.80 bits per heavy atom. The van der Waals surface area contributed by atoms with Crippen molar-refractivity contribution in [2.45, 2.75) is 43.7 Å². The van der Waals surface area contributed by atoms with E-state index in [4.69, 9.17) is 5.73 Å². The van der Waals surface area contributed by atoms with Crippen molar-refractivity contribution in [3.8, 4) is 0 Å². The Kier molecular flexibility index (Phi) is 4.94. The number of benzene rings is 1. The maximum Gasteiger partial charge on any atom is 0.222 e. The summed E-state index contributed by atoms with van der Waals surface area (Å²) in [7, 11) is -3.20. The third-order valence-electron chi connectivity index (χ3n) is 2.80. The van der Waals surface area contributed by atoms with Crippen LogP contribution in [0.15, 0.2) is 29.2 Å². The van der Waals surface area contributed by atoms with Crippen molar-refractivity contribution in [3.05, 3.63) is 29.8 Å². The summed E-state index contributed by atoms with van der Waals surface area (Å²) in [6, 6.07) is 6.29. The minimum atomic E-state index is -3.20. The average Bonchev–Trinajstić information content (AvgIpc) is 2.25. The van der Waals surface area contributed by atoms with Crippen molar-refractivity contribution >= 4 is 15.7 Å². The second-order valence-electron chi connectivity index (χ2n) is 5.80. The van der Waals surface area contributed by atoms with Crippen LogP contribution in [0.5, 0.6) is 0 Å². The first-order chi connectivity index (χ1) is 8.99. The fraction of sp³-hybridized carbons (Fsp3) is 0.500. The van der Waals surface area contributed by atoms with E-state index in [0.29, 0.717) is 0 Å². The normalized spacial score (nSPS) is 13.8. The molecule has 0 bridgehead atoms. The van der Waals surface area contributed by atoms with Gasteiger partial charge in [-0.2, -0.15) is 0 Å².